The number of nitrogen functional groups attached to an aromatic ring is 1. The summed E-state index contributed by atoms with van der Waals surface area (Å²) < 4.78 is 39.8. The highest BCUT2D eigenvalue weighted by Gasteiger charge is 2.51. The number of amides is 1. The molecule has 182 valence electrons. The van der Waals surface area contributed by atoms with Gasteiger partial charge in [-0.25, -0.2) is 0 Å². The normalized spacial score (nSPS) is 14.3. The number of rotatable bonds is 8. The van der Waals surface area contributed by atoms with Crippen LogP contribution in [0.4, 0.5) is 30.2 Å². The second kappa shape index (κ2) is 9.53. The molecule has 4 N–H and O–H groups in total. The van der Waals surface area contributed by atoms with E-state index >= 15 is 0 Å². The highest BCUT2D eigenvalue weighted by atomic mass is 35.5. The van der Waals surface area contributed by atoms with Crippen LogP contribution in [0.2, 0.25) is 5.02 Å². The van der Waals surface area contributed by atoms with E-state index in [1.165, 1.54) is 36.8 Å². The Hall–Kier alpha value is -3.66. The van der Waals surface area contributed by atoms with Gasteiger partial charge in [0, 0.05) is 29.4 Å². The maximum Gasteiger partial charge on any atom is 0.418 e. The zero-order chi connectivity index (χ0) is 25.2. The smallest absolute Gasteiger partial charge is 0.397 e. The molecule has 2 aromatic heterocycles. The van der Waals surface area contributed by atoms with Gasteiger partial charge in [-0.2, -0.15) is 13.2 Å². The van der Waals surface area contributed by atoms with E-state index < -0.39 is 17.2 Å². The second-order valence-electron chi connectivity index (χ2n) is 8.42. The number of benzene rings is 1. The van der Waals surface area contributed by atoms with Crippen molar-refractivity contribution >= 4 is 40.4 Å². The summed E-state index contributed by atoms with van der Waals surface area (Å²) in [5.74, 6) is -0.450. The molecule has 0 spiro atoms. The molecule has 0 saturated heterocycles. The average Bonchev–Trinajstić information content (AvgIpc) is 3.59. The number of nitrogens with one attached hydrogen (secondary N) is 2. The van der Waals surface area contributed by atoms with E-state index in [-0.39, 0.29) is 35.4 Å². The van der Waals surface area contributed by atoms with Crippen LogP contribution in [0.1, 0.15) is 40.9 Å². The lowest BCUT2D eigenvalue weighted by Gasteiger charge is -2.16. The third kappa shape index (κ3) is 5.89. The van der Waals surface area contributed by atoms with Crippen molar-refractivity contribution in [2.75, 3.05) is 11.1 Å². The van der Waals surface area contributed by atoms with Crippen molar-refractivity contribution in [2.24, 2.45) is 5.41 Å². The van der Waals surface area contributed by atoms with Crippen molar-refractivity contribution < 1.29 is 22.8 Å². The van der Waals surface area contributed by atoms with Crippen molar-refractivity contribution in [3.05, 3.63) is 76.8 Å². The molecule has 11 heteroatoms. The highest BCUT2D eigenvalue weighted by molar-refractivity contribution is 6.30. The van der Waals surface area contributed by atoms with E-state index in [4.69, 9.17) is 17.3 Å². The van der Waals surface area contributed by atoms with Gasteiger partial charge in [0.1, 0.15) is 0 Å². The monoisotopic (exact) mass is 503 g/mol. The molecule has 0 bridgehead atoms. The van der Waals surface area contributed by atoms with Gasteiger partial charge in [-0.15, -0.1) is 0 Å². The SMILES string of the molecule is Nc1cncc(C(=O)CC2(C(=O)NCc3ccc(Nc4ccc(Cl)cc4C(F)(F)F)cn3)CC2)c1. The summed E-state index contributed by atoms with van der Waals surface area (Å²) >= 11 is 5.71. The Kier molecular flexibility index (Phi) is 6.66. The first-order valence-electron chi connectivity index (χ1n) is 10.7. The first kappa shape index (κ1) is 24.5. The Morgan fingerprint density at radius 2 is 1.86 bits per heavy atom. The maximum atomic E-state index is 13.3. The molecule has 0 unspecified atom stereocenters. The van der Waals surface area contributed by atoms with Crippen LogP contribution in [0.5, 0.6) is 0 Å². The molecule has 0 aliphatic heterocycles. The lowest BCUT2D eigenvalue weighted by Crippen LogP contribution is -2.33. The van der Waals surface area contributed by atoms with E-state index in [0.717, 1.165) is 6.07 Å². The molecule has 1 aliphatic rings. The first-order chi connectivity index (χ1) is 16.6. The number of pyridine rings is 2. The Labute approximate surface area is 203 Å². The van der Waals surface area contributed by atoms with Crippen LogP contribution in [0.25, 0.3) is 0 Å². The highest BCUT2D eigenvalue weighted by Crippen LogP contribution is 2.49. The number of hydrogen-bond acceptors (Lipinski definition) is 6. The minimum atomic E-state index is -4.57. The summed E-state index contributed by atoms with van der Waals surface area (Å²) in [7, 11) is 0. The fourth-order valence-corrected chi connectivity index (χ4v) is 3.80. The number of hydrogen-bond donors (Lipinski definition) is 3. The van der Waals surface area contributed by atoms with Crippen LogP contribution < -0.4 is 16.4 Å². The molecule has 35 heavy (non-hydrogen) atoms. The molecular formula is C24H21ClF3N5O2. The number of ketones is 1. The molecule has 2 heterocycles. The first-order valence-corrected chi connectivity index (χ1v) is 11.0. The molecule has 1 saturated carbocycles. The van der Waals surface area contributed by atoms with Gasteiger partial charge in [0.15, 0.2) is 5.78 Å². The molecule has 3 aromatic rings. The fourth-order valence-electron chi connectivity index (χ4n) is 3.63. The van der Waals surface area contributed by atoms with Crippen molar-refractivity contribution in [3.63, 3.8) is 0 Å². The number of Topliss-reactive ketones (excluding diaryl/α,β-unsaturated/α-hetero) is 1. The summed E-state index contributed by atoms with van der Waals surface area (Å²) in [6.45, 7) is 0.115. The number of anilines is 3. The maximum absolute atomic E-state index is 13.3. The van der Waals surface area contributed by atoms with Gasteiger partial charge in [0.2, 0.25) is 5.91 Å². The largest absolute Gasteiger partial charge is 0.418 e. The van der Waals surface area contributed by atoms with E-state index in [1.54, 1.807) is 12.1 Å². The summed E-state index contributed by atoms with van der Waals surface area (Å²) in [4.78, 5) is 33.4. The second-order valence-corrected chi connectivity index (χ2v) is 8.86. The summed E-state index contributed by atoms with van der Waals surface area (Å²) in [5, 5.41) is 5.47. The lowest BCUT2D eigenvalue weighted by molar-refractivity contribution is -0.137. The third-order valence-corrected chi connectivity index (χ3v) is 5.97. The minimum Gasteiger partial charge on any atom is -0.397 e. The van der Waals surface area contributed by atoms with Gasteiger partial charge >= 0.3 is 6.18 Å². The number of alkyl halides is 3. The van der Waals surface area contributed by atoms with Crippen LogP contribution in [0.15, 0.2) is 55.0 Å². The molecule has 1 aromatic carbocycles. The van der Waals surface area contributed by atoms with Gasteiger partial charge in [-0.1, -0.05) is 11.6 Å². The van der Waals surface area contributed by atoms with E-state index in [9.17, 15) is 22.8 Å². The summed E-state index contributed by atoms with van der Waals surface area (Å²) in [6, 6.07) is 8.14. The van der Waals surface area contributed by atoms with Gasteiger partial charge in [0.25, 0.3) is 0 Å². The number of aromatic nitrogens is 2. The van der Waals surface area contributed by atoms with Crippen molar-refractivity contribution in [2.45, 2.75) is 32.0 Å². The Morgan fingerprint density at radius 3 is 2.49 bits per heavy atom. The number of halogens is 4. The van der Waals surface area contributed by atoms with Crippen LogP contribution in [-0.4, -0.2) is 21.7 Å². The number of nitrogens with two attached hydrogens (primary N) is 1. The summed E-state index contributed by atoms with van der Waals surface area (Å²) in [6.07, 6.45) is 0.915. The molecule has 1 fully saturated rings. The lowest BCUT2D eigenvalue weighted by atomic mass is 9.95. The Balaban J connectivity index is 1.35. The predicted octanol–water partition coefficient (Wildman–Crippen LogP) is 5.14. The fraction of sp³-hybridized carbons (Fsp3) is 0.250. The minimum absolute atomic E-state index is 0.0215. The Morgan fingerprint density at radius 1 is 1.09 bits per heavy atom. The van der Waals surface area contributed by atoms with Crippen molar-refractivity contribution in [3.8, 4) is 0 Å². The van der Waals surface area contributed by atoms with E-state index in [1.807, 2.05) is 0 Å². The molecule has 0 atom stereocenters. The molecule has 1 amide bonds. The third-order valence-electron chi connectivity index (χ3n) is 5.74. The average molecular weight is 504 g/mol. The molecule has 4 rings (SSSR count). The number of carbonyl (C=O) groups is 2. The van der Waals surface area contributed by atoms with Crippen LogP contribution in [-0.2, 0) is 17.5 Å². The van der Waals surface area contributed by atoms with Gasteiger partial charge in [0.05, 0.1) is 46.5 Å². The van der Waals surface area contributed by atoms with Crippen LogP contribution in [0, 0.1) is 5.41 Å². The van der Waals surface area contributed by atoms with Crippen molar-refractivity contribution in [1.82, 2.24) is 15.3 Å². The van der Waals surface area contributed by atoms with Gasteiger partial charge in [-0.3, -0.25) is 19.6 Å². The van der Waals surface area contributed by atoms with Gasteiger partial charge in [-0.05, 0) is 49.2 Å². The standard InChI is InChI=1S/C24H21ClF3N5O2/c25-15-1-4-20(19(8-15)24(26,27)28)33-18-3-2-17(31-13-18)12-32-22(35)23(5-6-23)9-21(34)14-7-16(29)11-30-10-14/h1-4,7-8,10-11,13,33H,5-6,9,12,29H2,(H,32,35). The quantitative estimate of drug-likeness (QED) is 0.367. The molecule has 1 aliphatic carbocycles. The zero-order valence-corrected chi connectivity index (χ0v) is 19.1. The van der Waals surface area contributed by atoms with Crippen molar-refractivity contribution in [1.29, 1.82) is 0 Å². The van der Waals surface area contributed by atoms with E-state index in [2.05, 4.69) is 20.6 Å². The molecular weight excluding hydrogens is 483 g/mol. The number of nitrogens with zero attached hydrogens (tertiary/aromatic N) is 2. The topological polar surface area (TPSA) is 110 Å². The van der Waals surface area contributed by atoms with Crippen LogP contribution >= 0.6 is 11.6 Å². The molecule has 7 nitrogen and oxygen atoms in total. The zero-order valence-electron chi connectivity index (χ0n) is 18.3. The van der Waals surface area contributed by atoms with E-state index in [0.29, 0.717) is 35.5 Å². The Bertz CT molecular complexity index is 1260. The van der Waals surface area contributed by atoms with Crippen LogP contribution in [0.3, 0.4) is 0 Å². The predicted molar refractivity (Wildman–Crippen MR) is 125 cm³/mol. The number of carbonyl (C=O) groups excluding carboxylic acids is 2. The summed E-state index contributed by atoms with van der Waals surface area (Å²) in [5.41, 5.74) is 5.47. The molecule has 0 radical (unpaired) electrons. The van der Waals surface area contributed by atoms with Gasteiger partial charge < -0.3 is 16.4 Å².